The lowest BCUT2D eigenvalue weighted by Crippen LogP contribution is -2.15. The van der Waals surface area contributed by atoms with Gasteiger partial charge in [0.15, 0.2) is 11.0 Å². The van der Waals surface area contributed by atoms with Crippen LogP contribution in [-0.4, -0.2) is 36.6 Å². The Hall–Kier alpha value is -3.17. The molecule has 8 nitrogen and oxygen atoms in total. The van der Waals surface area contributed by atoms with E-state index in [-0.39, 0.29) is 17.7 Å². The molecule has 1 N–H and O–H groups in total. The van der Waals surface area contributed by atoms with Gasteiger partial charge in [0.1, 0.15) is 5.82 Å². The molecule has 0 aliphatic heterocycles. The van der Waals surface area contributed by atoms with Crippen molar-refractivity contribution in [2.75, 3.05) is 11.1 Å². The first-order chi connectivity index (χ1) is 14.6. The van der Waals surface area contributed by atoms with Crippen LogP contribution >= 0.6 is 23.4 Å². The van der Waals surface area contributed by atoms with E-state index in [2.05, 4.69) is 25.7 Å². The van der Waals surface area contributed by atoms with Crippen LogP contribution < -0.4 is 5.32 Å². The number of nitrogens with zero attached hydrogens (tertiary/aromatic N) is 5. The normalized spacial score (nSPS) is 10.9. The molecule has 30 heavy (non-hydrogen) atoms. The molecule has 0 saturated carbocycles. The zero-order valence-electron chi connectivity index (χ0n) is 15.9. The van der Waals surface area contributed by atoms with Gasteiger partial charge in [-0.25, -0.2) is 0 Å². The van der Waals surface area contributed by atoms with Gasteiger partial charge in [-0.3, -0.25) is 14.7 Å². The Labute approximate surface area is 181 Å². The summed E-state index contributed by atoms with van der Waals surface area (Å²) < 4.78 is 6.84. The quantitative estimate of drug-likeness (QED) is 0.434. The van der Waals surface area contributed by atoms with E-state index < -0.39 is 0 Å². The van der Waals surface area contributed by atoms with Gasteiger partial charge in [0, 0.05) is 17.1 Å². The molecule has 2 aromatic carbocycles. The highest BCUT2D eigenvalue weighted by molar-refractivity contribution is 7.99. The molecule has 0 aliphatic carbocycles. The maximum absolute atomic E-state index is 12.3. The van der Waals surface area contributed by atoms with Crippen LogP contribution in [0.2, 0.25) is 5.02 Å². The number of rotatable bonds is 7. The number of aromatic nitrogens is 5. The van der Waals surface area contributed by atoms with Crippen molar-refractivity contribution in [3.05, 3.63) is 76.8 Å². The molecule has 0 aliphatic rings. The highest BCUT2D eigenvalue weighted by atomic mass is 35.5. The summed E-state index contributed by atoms with van der Waals surface area (Å²) in [6.07, 6.45) is 0.602. The summed E-state index contributed by atoms with van der Waals surface area (Å²) in [7, 11) is 0. The predicted molar refractivity (Wildman–Crippen MR) is 114 cm³/mol. The number of anilines is 1. The second kappa shape index (κ2) is 9.10. The first-order valence-corrected chi connectivity index (χ1v) is 10.4. The van der Waals surface area contributed by atoms with Crippen LogP contribution in [0.3, 0.4) is 0 Å². The topological polar surface area (TPSA) is 98.7 Å². The lowest BCUT2D eigenvalue weighted by atomic mass is 10.1. The number of amides is 1. The van der Waals surface area contributed by atoms with Gasteiger partial charge >= 0.3 is 6.01 Å². The minimum absolute atomic E-state index is 0.0713. The molecule has 1 amide bonds. The van der Waals surface area contributed by atoms with Gasteiger partial charge in [-0.05, 0) is 36.8 Å². The Balaban J connectivity index is 1.55. The van der Waals surface area contributed by atoms with E-state index in [9.17, 15) is 4.79 Å². The van der Waals surface area contributed by atoms with Crippen LogP contribution in [0.15, 0.2) is 64.3 Å². The number of hydrogen-bond acceptors (Lipinski definition) is 7. The second-order valence-electron chi connectivity index (χ2n) is 6.36. The standard InChI is InChI=1S/C20H17ClN6O2S/c1-13-22-19(29-26-13)23-18(28)12-30-20-25-24-17(11-14-5-3-2-4-6-14)27(20)16-9-7-15(21)8-10-16/h2-10H,11-12H2,1H3,(H,22,23,26,28). The summed E-state index contributed by atoms with van der Waals surface area (Å²) in [5.74, 6) is 1.04. The van der Waals surface area contributed by atoms with Crippen molar-refractivity contribution in [3.63, 3.8) is 0 Å². The monoisotopic (exact) mass is 440 g/mol. The van der Waals surface area contributed by atoms with Gasteiger partial charge in [0.05, 0.1) is 5.75 Å². The van der Waals surface area contributed by atoms with Gasteiger partial charge < -0.3 is 4.52 Å². The van der Waals surface area contributed by atoms with Gasteiger partial charge in [-0.1, -0.05) is 58.9 Å². The molecular formula is C20H17ClN6O2S. The van der Waals surface area contributed by atoms with Crippen molar-refractivity contribution in [1.82, 2.24) is 24.9 Å². The summed E-state index contributed by atoms with van der Waals surface area (Å²) >= 11 is 7.31. The number of hydrogen-bond donors (Lipinski definition) is 1. The molecule has 0 saturated heterocycles. The molecular weight excluding hydrogens is 424 g/mol. The Morgan fingerprint density at radius 2 is 1.90 bits per heavy atom. The van der Waals surface area contributed by atoms with Gasteiger partial charge in [0.25, 0.3) is 0 Å². The smallest absolute Gasteiger partial charge is 0.315 e. The van der Waals surface area contributed by atoms with Crippen molar-refractivity contribution < 1.29 is 9.32 Å². The van der Waals surface area contributed by atoms with Crippen molar-refractivity contribution in [1.29, 1.82) is 0 Å². The number of nitrogens with one attached hydrogen (secondary N) is 1. The zero-order chi connectivity index (χ0) is 20.9. The third-order valence-corrected chi connectivity index (χ3v) is 5.28. The first-order valence-electron chi connectivity index (χ1n) is 9.05. The van der Waals surface area contributed by atoms with Crippen molar-refractivity contribution >= 4 is 35.3 Å². The fourth-order valence-corrected chi connectivity index (χ4v) is 3.67. The van der Waals surface area contributed by atoms with Gasteiger partial charge in [-0.15, -0.1) is 10.2 Å². The maximum Gasteiger partial charge on any atom is 0.328 e. The average Bonchev–Trinajstić information content (AvgIpc) is 3.33. The summed E-state index contributed by atoms with van der Waals surface area (Å²) in [6.45, 7) is 1.68. The summed E-state index contributed by atoms with van der Waals surface area (Å²) in [6, 6.07) is 17.5. The number of aryl methyl sites for hydroxylation is 1. The average molecular weight is 441 g/mol. The van der Waals surface area contributed by atoms with Gasteiger partial charge in [0.2, 0.25) is 5.91 Å². The second-order valence-corrected chi connectivity index (χ2v) is 7.74. The Kier molecular flexibility index (Phi) is 6.10. The SMILES string of the molecule is Cc1noc(NC(=O)CSc2nnc(Cc3ccccc3)n2-c2ccc(Cl)cc2)n1. The van der Waals surface area contributed by atoms with E-state index in [1.54, 1.807) is 6.92 Å². The summed E-state index contributed by atoms with van der Waals surface area (Å²) in [4.78, 5) is 16.2. The minimum atomic E-state index is -0.279. The van der Waals surface area contributed by atoms with Crippen LogP contribution in [0, 0.1) is 6.92 Å². The lowest BCUT2D eigenvalue weighted by molar-refractivity contribution is -0.114. The Morgan fingerprint density at radius 1 is 1.13 bits per heavy atom. The Bertz CT molecular complexity index is 1140. The molecule has 152 valence electrons. The number of benzene rings is 2. The molecule has 0 bridgehead atoms. The van der Waals surface area contributed by atoms with E-state index in [1.807, 2.05) is 59.2 Å². The molecule has 0 radical (unpaired) electrons. The molecule has 0 unspecified atom stereocenters. The predicted octanol–water partition coefficient (Wildman–Crippen LogP) is 3.93. The van der Waals surface area contributed by atoms with E-state index in [0.717, 1.165) is 17.1 Å². The van der Waals surface area contributed by atoms with E-state index in [4.69, 9.17) is 16.1 Å². The number of carbonyl (C=O) groups is 1. The molecule has 4 rings (SSSR count). The molecule has 10 heteroatoms. The van der Waals surface area contributed by atoms with Crippen LogP contribution in [0.4, 0.5) is 6.01 Å². The highest BCUT2D eigenvalue weighted by Crippen LogP contribution is 2.25. The van der Waals surface area contributed by atoms with Crippen LogP contribution in [-0.2, 0) is 11.2 Å². The van der Waals surface area contributed by atoms with Gasteiger partial charge in [-0.2, -0.15) is 4.98 Å². The molecule has 0 atom stereocenters. The van der Waals surface area contributed by atoms with E-state index in [1.165, 1.54) is 11.8 Å². The molecule has 4 aromatic rings. The number of halogens is 1. The first kappa shape index (κ1) is 20.1. The highest BCUT2D eigenvalue weighted by Gasteiger charge is 2.17. The molecule has 0 spiro atoms. The molecule has 2 aromatic heterocycles. The fraction of sp³-hybridized carbons (Fsp3) is 0.150. The molecule has 2 heterocycles. The lowest BCUT2D eigenvalue weighted by Gasteiger charge is -2.10. The van der Waals surface area contributed by atoms with E-state index in [0.29, 0.717) is 22.4 Å². The van der Waals surface area contributed by atoms with Crippen LogP contribution in [0.25, 0.3) is 5.69 Å². The van der Waals surface area contributed by atoms with E-state index >= 15 is 0 Å². The third kappa shape index (κ3) is 4.87. The maximum atomic E-state index is 12.3. The van der Waals surface area contributed by atoms with Crippen molar-refractivity contribution in [3.8, 4) is 5.69 Å². The Morgan fingerprint density at radius 3 is 2.60 bits per heavy atom. The van der Waals surface area contributed by atoms with Crippen LogP contribution in [0.1, 0.15) is 17.2 Å². The van der Waals surface area contributed by atoms with Crippen molar-refractivity contribution in [2.24, 2.45) is 0 Å². The minimum Gasteiger partial charge on any atom is -0.315 e. The zero-order valence-corrected chi connectivity index (χ0v) is 17.5. The van der Waals surface area contributed by atoms with Crippen LogP contribution in [0.5, 0.6) is 0 Å². The largest absolute Gasteiger partial charge is 0.328 e. The fourth-order valence-electron chi connectivity index (χ4n) is 2.77. The number of carbonyl (C=O) groups excluding carboxylic acids is 1. The number of thioether (sulfide) groups is 1. The summed E-state index contributed by atoms with van der Waals surface area (Å²) in [5.41, 5.74) is 1.98. The molecule has 0 fully saturated rings. The summed E-state index contributed by atoms with van der Waals surface area (Å²) in [5, 5.41) is 16.1. The third-order valence-electron chi connectivity index (χ3n) is 4.10. The van der Waals surface area contributed by atoms with Crippen molar-refractivity contribution in [2.45, 2.75) is 18.5 Å².